The largest absolute Gasteiger partial charge is 0.489 e. The fourth-order valence-electron chi connectivity index (χ4n) is 4.07. The Hall–Kier alpha value is -4.19. The van der Waals surface area contributed by atoms with Crippen LogP contribution in [0.5, 0.6) is 11.5 Å². The van der Waals surface area contributed by atoms with Crippen molar-refractivity contribution in [2.75, 3.05) is 25.1 Å². The van der Waals surface area contributed by atoms with Crippen LogP contribution >= 0.6 is 0 Å². The van der Waals surface area contributed by atoms with Gasteiger partial charge in [0, 0.05) is 12.4 Å². The maximum Gasteiger partial charge on any atom is 0.340 e. The lowest BCUT2D eigenvalue weighted by Crippen LogP contribution is -2.54. The molecule has 1 aliphatic rings. The highest BCUT2D eigenvalue weighted by Crippen LogP contribution is 2.33. The van der Waals surface area contributed by atoms with Crippen LogP contribution in [0.3, 0.4) is 0 Å². The van der Waals surface area contributed by atoms with Crippen LogP contribution in [0.15, 0.2) is 97.3 Å². The first kappa shape index (κ1) is 21.6. The molecule has 5 rings (SSSR count). The van der Waals surface area contributed by atoms with Gasteiger partial charge >= 0.3 is 5.97 Å². The first-order valence-corrected chi connectivity index (χ1v) is 11.2. The van der Waals surface area contributed by atoms with Crippen LogP contribution in [0.4, 0.5) is 5.69 Å². The smallest absolute Gasteiger partial charge is 0.340 e. The van der Waals surface area contributed by atoms with E-state index in [4.69, 9.17) is 14.2 Å². The maximum atomic E-state index is 12.4. The van der Waals surface area contributed by atoms with E-state index in [0.717, 1.165) is 41.5 Å². The molecule has 0 bridgehead atoms. The third-order valence-corrected chi connectivity index (χ3v) is 5.85. The van der Waals surface area contributed by atoms with E-state index in [9.17, 15) is 4.79 Å². The fraction of sp³-hybridized carbons (Fsp3) is 0.179. The molecule has 0 saturated carbocycles. The molecule has 34 heavy (non-hydrogen) atoms. The number of anilines is 1. The average Bonchev–Trinajstić information content (AvgIpc) is 3.40. The minimum Gasteiger partial charge on any atom is -0.489 e. The summed E-state index contributed by atoms with van der Waals surface area (Å²) in [6.45, 7) is 1.98. The average molecular weight is 455 g/mol. The van der Waals surface area contributed by atoms with Gasteiger partial charge in [-0.2, -0.15) is 0 Å². The number of ether oxygens (including phenoxy) is 3. The summed E-state index contributed by atoms with van der Waals surface area (Å²) in [5, 5.41) is 0. The van der Waals surface area contributed by atoms with Crippen molar-refractivity contribution in [3.8, 4) is 17.2 Å². The molecule has 1 saturated heterocycles. The second-order valence-corrected chi connectivity index (χ2v) is 8.15. The Morgan fingerprint density at radius 1 is 0.853 bits per heavy atom. The summed E-state index contributed by atoms with van der Waals surface area (Å²) in [6.07, 6.45) is 3.94. The number of methoxy groups -OCH3 is 1. The monoisotopic (exact) mass is 454 g/mol. The number of carbonyl (C=O) groups excluding carboxylic acids is 1. The van der Waals surface area contributed by atoms with E-state index in [1.165, 1.54) is 7.11 Å². The molecule has 1 fully saturated rings. The molecule has 0 atom stereocenters. The van der Waals surface area contributed by atoms with Gasteiger partial charge in [0.05, 0.1) is 37.1 Å². The number of para-hydroxylation sites is 2. The summed E-state index contributed by atoms with van der Waals surface area (Å²) in [5.74, 6) is 1.34. The van der Waals surface area contributed by atoms with Crippen LogP contribution in [0, 0.1) is 0 Å². The predicted molar refractivity (Wildman–Crippen MR) is 131 cm³/mol. The molecule has 6 nitrogen and oxygen atoms in total. The Morgan fingerprint density at radius 2 is 1.59 bits per heavy atom. The molecule has 0 radical (unpaired) electrons. The van der Waals surface area contributed by atoms with E-state index >= 15 is 0 Å². The molecule has 0 spiro atoms. The molecule has 6 heteroatoms. The Morgan fingerprint density at radius 3 is 2.29 bits per heavy atom. The molecule has 1 aromatic heterocycles. The molecule has 3 aromatic carbocycles. The van der Waals surface area contributed by atoms with Crippen LogP contribution in [0.2, 0.25) is 0 Å². The SMILES string of the molecule is COC(=O)c1cccc(N2CC(Oc3ccc(COc4ccccc4)cc3)C2)c1-n1cccc1. The Kier molecular flexibility index (Phi) is 6.21. The molecule has 0 amide bonds. The van der Waals surface area contributed by atoms with Crippen molar-refractivity contribution in [3.05, 3.63) is 108 Å². The van der Waals surface area contributed by atoms with Gasteiger partial charge in [0.15, 0.2) is 0 Å². The lowest BCUT2D eigenvalue weighted by molar-refractivity contribution is 0.0600. The van der Waals surface area contributed by atoms with Crippen molar-refractivity contribution < 1.29 is 19.0 Å². The molecule has 0 unspecified atom stereocenters. The van der Waals surface area contributed by atoms with Crippen LogP contribution in [0.1, 0.15) is 15.9 Å². The van der Waals surface area contributed by atoms with Crippen LogP contribution < -0.4 is 14.4 Å². The number of hydrogen-bond acceptors (Lipinski definition) is 5. The zero-order valence-corrected chi connectivity index (χ0v) is 19.0. The summed E-state index contributed by atoms with van der Waals surface area (Å²) in [4.78, 5) is 14.6. The molecule has 4 aromatic rings. The summed E-state index contributed by atoms with van der Waals surface area (Å²) in [5.41, 5.74) is 3.42. The summed E-state index contributed by atoms with van der Waals surface area (Å²) in [7, 11) is 1.40. The van der Waals surface area contributed by atoms with Crippen molar-refractivity contribution in [3.63, 3.8) is 0 Å². The highest BCUT2D eigenvalue weighted by atomic mass is 16.5. The van der Waals surface area contributed by atoms with Gasteiger partial charge in [0.25, 0.3) is 0 Å². The topological polar surface area (TPSA) is 52.9 Å². The third kappa shape index (κ3) is 4.62. The Bertz CT molecular complexity index is 1230. The molecule has 2 heterocycles. The first-order chi connectivity index (χ1) is 16.7. The van der Waals surface area contributed by atoms with Gasteiger partial charge < -0.3 is 23.7 Å². The molecular formula is C28H26N2O4. The molecular weight excluding hydrogens is 428 g/mol. The third-order valence-electron chi connectivity index (χ3n) is 5.85. The van der Waals surface area contributed by atoms with Crippen molar-refractivity contribution >= 4 is 11.7 Å². The summed E-state index contributed by atoms with van der Waals surface area (Å²) >= 11 is 0. The number of carbonyl (C=O) groups is 1. The number of esters is 1. The Balaban J connectivity index is 1.22. The lowest BCUT2D eigenvalue weighted by atomic mass is 10.1. The van der Waals surface area contributed by atoms with Gasteiger partial charge in [-0.05, 0) is 54.1 Å². The van der Waals surface area contributed by atoms with E-state index in [2.05, 4.69) is 4.90 Å². The minimum atomic E-state index is -0.352. The molecule has 1 aliphatic heterocycles. The number of benzene rings is 3. The zero-order chi connectivity index (χ0) is 23.3. The van der Waals surface area contributed by atoms with E-state index < -0.39 is 0 Å². The van der Waals surface area contributed by atoms with E-state index in [1.54, 1.807) is 6.07 Å². The standard InChI is InChI=1S/C28H26N2O4/c1-32-28(31)25-10-7-11-26(27(25)29-16-5-6-17-29)30-18-24(19-30)34-23-14-12-21(13-15-23)20-33-22-8-3-2-4-9-22/h2-17,24H,18-20H2,1H3. The van der Waals surface area contributed by atoms with Gasteiger partial charge in [-0.15, -0.1) is 0 Å². The first-order valence-electron chi connectivity index (χ1n) is 11.2. The predicted octanol–water partition coefficient (Wildman–Crippen LogP) is 5.11. The van der Waals surface area contributed by atoms with Gasteiger partial charge in [-0.25, -0.2) is 4.79 Å². The van der Waals surface area contributed by atoms with E-state index in [1.807, 2.05) is 95.8 Å². The number of nitrogens with zero attached hydrogens (tertiary/aromatic N) is 2. The molecule has 0 aliphatic carbocycles. The van der Waals surface area contributed by atoms with E-state index in [-0.39, 0.29) is 12.1 Å². The quantitative estimate of drug-likeness (QED) is 0.346. The zero-order valence-electron chi connectivity index (χ0n) is 19.0. The molecule has 172 valence electrons. The maximum absolute atomic E-state index is 12.4. The number of aromatic nitrogens is 1. The van der Waals surface area contributed by atoms with Crippen LogP contribution in [-0.2, 0) is 11.3 Å². The van der Waals surface area contributed by atoms with Crippen molar-refractivity contribution in [2.45, 2.75) is 12.7 Å². The second-order valence-electron chi connectivity index (χ2n) is 8.15. The number of hydrogen-bond donors (Lipinski definition) is 0. The van der Waals surface area contributed by atoms with Crippen LogP contribution in [0.25, 0.3) is 5.69 Å². The van der Waals surface area contributed by atoms with Gasteiger partial charge in [-0.1, -0.05) is 36.4 Å². The lowest BCUT2D eigenvalue weighted by Gasteiger charge is -2.41. The highest BCUT2D eigenvalue weighted by molar-refractivity contribution is 5.96. The van der Waals surface area contributed by atoms with Crippen molar-refractivity contribution in [1.29, 1.82) is 0 Å². The summed E-state index contributed by atoms with van der Waals surface area (Å²) < 4.78 is 18.9. The second kappa shape index (κ2) is 9.75. The number of rotatable bonds is 8. The van der Waals surface area contributed by atoms with Crippen LogP contribution in [-0.4, -0.2) is 36.8 Å². The fourth-order valence-corrected chi connectivity index (χ4v) is 4.07. The van der Waals surface area contributed by atoms with Crippen molar-refractivity contribution in [1.82, 2.24) is 4.57 Å². The highest BCUT2D eigenvalue weighted by Gasteiger charge is 2.32. The Labute approximate surface area is 198 Å². The minimum absolute atomic E-state index is 0.0747. The van der Waals surface area contributed by atoms with Gasteiger partial charge in [0.2, 0.25) is 0 Å². The van der Waals surface area contributed by atoms with Gasteiger partial charge in [-0.3, -0.25) is 0 Å². The van der Waals surface area contributed by atoms with E-state index in [0.29, 0.717) is 12.2 Å². The van der Waals surface area contributed by atoms with Crippen molar-refractivity contribution in [2.24, 2.45) is 0 Å². The normalized spacial score (nSPS) is 13.3. The molecule has 0 N–H and O–H groups in total. The summed E-state index contributed by atoms with van der Waals surface area (Å²) in [6, 6.07) is 27.4. The van der Waals surface area contributed by atoms with Gasteiger partial charge in [0.1, 0.15) is 24.2 Å².